The number of rotatable bonds is 10. The Balaban J connectivity index is 0.00000133. The van der Waals surface area contributed by atoms with Gasteiger partial charge in [-0.2, -0.15) is 0 Å². The minimum atomic E-state index is -3.11. The molecule has 0 heterocycles. The van der Waals surface area contributed by atoms with Crippen molar-refractivity contribution in [2.24, 2.45) is 11.3 Å². The van der Waals surface area contributed by atoms with Crippen molar-refractivity contribution in [2.45, 2.75) is 98.3 Å². The average Bonchev–Trinajstić information content (AvgIpc) is 3.07. The van der Waals surface area contributed by atoms with E-state index in [1.165, 1.54) is 47.9 Å². The maximum Gasteiger partial charge on any atom is 0.425 e. The summed E-state index contributed by atoms with van der Waals surface area (Å²) in [5.74, 6) is 1.16. The molecule has 7 heteroatoms. The standard InChI is InChI=1S/C43H51NO2.O3S/c1-7-8-41(45)36-12-10-31(11-13-36)28-40(35-16-14-32(15-17-35)33-18-22-37(23-19-33)43(4,5)6)42(46)44-38-24-20-34(21-25-38)39-26-9-29(2)27-30(39)3;1-4(2)3/h9-17,20-21,24-27,33,37,40H,7-8,18-19,22-23,28H2,1-6H3,(H,44,46);/t33?,37?,40-;/m1./s1. The molecule has 4 aromatic rings. The van der Waals surface area contributed by atoms with E-state index >= 15 is 0 Å². The van der Waals surface area contributed by atoms with Crippen LogP contribution in [0.15, 0.2) is 91.0 Å². The molecule has 50 heavy (non-hydrogen) atoms. The second-order valence-electron chi connectivity index (χ2n) is 14.8. The zero-order chi connectivity index (χ0) is 36.4. The highest BCUT2D eigenvalue weighted by atomic mass is 32.2. The van der Waals surface area contributed by atoms with Crippen molar-refractivity contribution in [1.82, 2.24) is 0 Å². The van der Waals surface area contributed by atoms with Crippen LogP contribution < -0.4 is 5.32 Å². The fourth-order valence-corrected chi connectivity index (χ4v) is 7.19. The van der Waals surface area contributed by atoms with Crippen molar-refractivity contribution in [3.8, 4) is 11.1 Å². The normalized spacial score (nSPS) is 16.4. The zero-order valence-corrected chi connectivity index (χ0v) is 31.1. The fourth-order valence-electron chi connectivity index (χ4n) is 7.19. The Morgan fingerprint density at radius 1 is 0.800 bits per heavy atom. The lowest BCUT2D eigenvalue weighted by Gasteiger charge is -2.37. The van der Waals surface area contributed by atoms with Crippen LogP contribution in [0.25, 0.3) is 11.1 Å². The van der Waals surface area contributed by atoms with Crippen LogP contribution in [0.3, 0.4) is 0 Å². The summed E-state index contributed by atoms with van der Waals surface area (Å²) < 4.78 is 25.3. The quantitative estimate of drug-likeness (QED) is 0.167. The van der Waals surface area contributed by atoms with Crippen molar-refractivity contribution >= 4 is 28.0 Å². The third-order valence-corrected chi connectivity index (χ3v) is 10.1. The van der Waals surface area contributed by atoms with Gasteiger partial charge in [0.25, 0.3) is 0 Å². The van der Waals surface area contributed by atoms with Crippen LogP contribution >= 0.6 is 0 Å². The SMILES string of the molecule is CCCC(=O)c1ccc(C[C@@H](C(=O)Nc2ccc(-c3ccc(C)cc3C)cc2)c2ccc(C3CCC(C(C)(C)C)CC3)cc2)cc1.O=S(=O)=O. The summed E-state index contributed by atoms with van der Waals surface area (Å²) in [5, 5.41) is 3.21. The van der Waals surface area contributed by atoms with E-state index in [0.29, 0.717) is 24.2 Å². The molecule has 0 aromatic heterocycles. The summed E-state index contributed by atoms with van der Waals surface area (Å²) in [6, 6.07) is 31.3. The van der Waals surface area contributed by atoms with Crippen LogP contribution in [0, 0.1) is 25.2 Å². The Morgan fingerprint density at radius 3 is 1.94 bits per heavy atom. The van der Waals surface area contributed by atoms with E-state index in [9.17, 15) is 9.59 Å². The van der Waals surface area contributed by atoms with E-state index in [-0.39, 0.29) is 17.6 Å². The molecule has 1 aliphatic carbocycles. The molecule has 0 bridgehead atoms. The molecule has 0 aliphatic heterocycles. The first kappa shape index (κ1) is 38.4. The maximum atomic E-state index is 14.0. The van der Waals surface area contributed by atoms with Crippen molar-refractivity contribution in [3.63, 3.8) is 0 Å². The fraction of sp³-hybridized carbons (Fsp3) is 0.395. The molecule has 1 N–H and O–H groups in total. The van der Waals surface area contributed by atoms with Crippen LogP contribution in [0.2, 0.25) is 0 Å². The summed E-state index contributed by atoms with van der Waals surface area (Å²) >= 11 is 0. The molecular weight excluding hydrogens is 643 g/mol. The van der Waals surface area contributed by atoms with Crippen LogP contribution in [-0.2, 0) is 21.8 Å². The molecule has 4 aromatic carbocycles. The molecule has 1 atom stereocenters. The van der Waals surface area contributed by atoms with Gasteiger partial charge in [0.2, 0.25) is 5.91 Å². The highest BCUT2D eigenvalue weighted by Crippen LogP contribution is 2.43. The summed E-state index contributed by atoms with van der Waals surface area (Å²) in [6.45, 7) is 13.4. The number of ketones is 1. The summed E-state index contributed by atoms with van der Waals surface area (Å²) in [5.41, 5.74) is 10.2. The molecule has 0 spiro atoms. The lowest BCUT2D eigenvalue weighted by Crippen LogP contribution is -2.25. The van der Waals surface area contributed by atoms with Gasteiger partial charge in [0.05, 0.1) is 5.92 Å². The number of hydrogen-bond donors (Lipinski definition) is 1. The number of benzene rings is 4. The average molecular weight is 694 g/mol. The number of carbonyl (C=O) groups is 2. The van der Waals surface area contributed by atoms with Crippen LogP contribution in [0.5, 0.6) is 0 Å². The Kier molecular flexibility index (Phi) is 13.5. The lowest BCUT2D eigenvalue weighted by molar-refractivity contribution is -0.117. The highest BCUT2D eigenvalue weighted by Gasteiger charge is 2.30. The topological polar surface area (TPSA) is 97.4 Å². The molecule has 1 fully saturated rings. The lowest BCUT2D eigenvalue weighted by atomic mass is 9.68. The Hall–Kier alpha value is -4.36. The number of Topliss-reactive ketones (excluding diaryl/α,β-unsaturated/α-hetero) is 1. The molecule has 264 valence electrons. The minimum absolute atomic E-state index is 0.0242. The summed E-state index contributed by atoms with van der Waals surface area (Å²) in [7, 11) is -3.11. The third-order valence-electron chi connectivity index (χ3n) is 10.1. The summed E-state index contributed by atoms with van der Waals surface area (Å²) in [4.78, 5) is 26.4. The van der Waals surface area contributed by atoms with Gasteiger partial charge in [-0.15, -0.1) is 12.6 Å². The van der Waals surface area contributed by atoms with Gasteiger partial charge in [0, 0.05) is 17.7 Å². The Morgan fingerprint density at radius 2 is 1.40 bits per heavy atom. The third kappa shape index (κ3) is 10.8. The molecule has 0 radical (unpaired) electrons. The van der Waals surface area contributed by atoms with E-state index in [1.807, 2.05) is 43.3 Å². The number of aryl methyl sites for hydroxylation is 2. The van der Waals surface area contributed by atoms with Crippen molar-refractivity contribution in [1.29, 1.82) is 0 Å². The van der Waals surface area contributed by atoms with Crippen molar-refractivity contribution < 1.29 is 22.2 Å². The molecule has 6 nitrogen and oxygen atoms in total. The van der Waals surface area contributed by atoms with Crippen molar-refractivity contribution in [2.75, 3.05) is 5.32 Å². The highest BCUT2D eigenvalue weighted by molar-refractivity contribution is 7.59. The van der Waals surface area contributed by atoms with E-state index in [4.69, 9.17) is 12.6 Å². The molecule has 5 rings (SSSR count). The molecule has 1 saturated carbocycles. The second-order valence-corrected chi connectivity index (χ2v) is 15.2. The van der Waals surface area contributed by atoms with Gasteiger partial charge < -0.3 is 5.32 Å². The number of hydrogen-bond acceptors (Lipinski definition) is 5. The number of carbonyl (C=O) groups excluding carboxylic acids is 2. The van der Waals surface area contributed by atoms with Gasteiger partial charge in [0.1, 0.15) is 0 Å². The number of amides is 1. The molecule has 1 amide bonds. The van der Waals surface area contributed by atoms with Gasteiger partial charge in [-0.25, -0.2) is 0 Å². The molecule has 0 saturated heterocycles. The van der Waals surface area contributed by atoms with Crippen LogP contribution in [-0.4, -0.2) is 24.3 Å². The van der Waals surface area contributed by atoms with Gasteiger partial charge >= 0.3 is 10.6 Å². The van der Waals surface area contributed by atoms with Gasteiger partial charge in [-0.3, -0.25) is 9.59 Å². The number of anilines is 1. The first-order valence-corrected chi connectivity index (χ1v) is 18.7. The molecule has 0 unspecified atom stereocenters. The van der Waals surface area contributed by atoms with E-state index in [2.05, 4.69) is 94.5 Å². The largest absolute Gasteiger partial charge is 0.425 e. The maximum absolute atomic E-state index is 14.0. The van der Waals surface area contributed by atoms with Crippen LogP contribution in [0.1, 0.15) is 116 Å². The smallest absolute Gasteiger partial charge is 0.326 e. The predicted octanol–water partition coefficient (Wildman–Crippen LogP) is 10.2. The first-order valence-electron chi connectivity index (χ1n) is 17.7. The zero-order valence-electron chi connectivity index (χ0n) is 30.3. The predicted molar refractivity (Wildman–Crippen MR) is 202 cm³/mol. The van der Waals surface area contributed by atoms with E-state index in [0.717, 1.165) is 40.3 Å². The Labute approximate surface area is 299 Å². The minimum Gasteiger partial charge on any atom is -0.326 e. The van der Waals surface area contributed by atoms with Gasteiger partial charge in [0.15, 0.2) is 5.78 Å². The van der Waals surface area contributed by atoms with E-state index in [1.54, 1.807) is 0 Å². The van der Waals surface area contributed by atoms with E-state index < -0.39 is 10.6 Å². The monoisotopic (exact) mass is 693 g/mol. The molecular formula is C43H51NO5S. The summed E-state index contributed by atoms with van der Waals surface area (Å²) in [6.07, 6.45) is 6.96. The first-order chi connectivity index (χ1) is 23.7. The second kappa shape index (κ2) is 17.5. The molecule has 1 aliphatic rings. The van der Waals surface area contributed by atoms with Gasteiger partial charge in [-0.05, 0) is 115 Å². The number of nitrogens with one attached hydrogen (secondary N) is 1. The van der Waals surface area contributed by atoms with Crippen molar-refractivity contribution in [3.05, 3.63) is 124 Å². The van der Waals surface area contributed by atoms with Crippen LogP contribution in [0.4, 0.5) is 5.69 Å². The van der Waals surface area contributed by atoms with Gasteiger partial charge in [-0.1, -0.05) is 112 Å². The Bertz CT molecular complexity index is 1840.